The van der Waals surface area contributed by atoms with Gasteiger partial charge in [-0.05, 0) is 83.7 Å². The van der Waals surface area contributed by atoms with Gasteiger partial charge in [0.2, 0.25) is 0 Å². The van der Waals surface area contributed by atoms with Gasteiger partial charge in [-0.25, -0.2) is 9.69 Å². The van der Waals surface area contributed by atoms with E-state index in [1.165, 1.54) is 12.1 Å². The number of nitrogens with zero attached hydrogens (tertiary/aromatic N) is 1. The third-order valence-electron chi connectivity index (χ3n) is 5.66. The van der Waals surface area contributed by atoms with Crippen molar-refractivity contribution in [3.63, 3.8) is 0 Å². The highest BCUT2D eigenvalue weighted by atomic mass is 79.9. The van der Waals surface area contributed by atoms with Crippen molar-refractivity contribution in [2.24, 2.45) is 0 Å². The first-order valence-electron chi connectivity index (χ1n) is 11.5. The summed E-state index contributed by atoms with van der Waals surface area (Å²) in [5, 5.41) is 2.61. The molecule has 0 bridgehead atoms. The molecule has 0 saturated carbocycles. The van der Waals surface area contributed by atoms with Crippen molar-refractivity contribution in [3.8, 4) is 11.5 Å². The Kier molecular flexibility index (Phi) is 8.00. The minimum absolute atomic E-state index is 0.209. The van der Waals surface area contributed by atoms with Crippen LogP contribution in [0.4, 0.5) is 10.5 Å². The van der Waals surface area contributed by atoms with E-state index in [0.29, 0.717) is 39.8 Å². The fraction of sp³-hybridized carbons (Fsp3) is 0.179. The summed E-state index contributed by atoms with van der Waals surface area (Å²) >= 11 is 9.71. The molecular weight excluding hydrogens is 560 g/mol. The molecule has 1 fully saturated rings. The molecule has 190 valence electrons. The van der Waals surface area contributed by atoms with Gasteiger partial charge in [0, 0.05) is 5.02 Å². The number of hydrogen-bond acceptors (Lipinski definition) is 5. The number of carbonyl (C=O) groups is 3. The Morgan fingerprint density at radius 2 is 1.73 bits per heavy atom. The van der Waals surface area contributed by atoms with E-state index < -0.39 is 17.8 Å². The molecule has 1 heterocycles. The normalized spacial score (nSPS) is 14.7. The summed E-state index contributed by atoms with van der Waals surface area (Å²) in [4.78, 5) is 39.3. The van der Waals surface area contributed by atoms with E-state index in [0.717, 1.165) is 21.6 Å². The second-order valence-electron chi connectivity index (χ2n) is 8.43. The van der Waals surface area contributed by atoms with Gasteiger partial charge in [0.1, 0.15) is 12.2 Å². The number of anilines is 1. The van der Waals surface area contributed by atoms with Crippen molar-refractivity contribution in [1.82, 2.24) is 5.32 Å². The molecule has 0 atom stereocenters. The number of halogens is 2. The van der Waals surface area contributed by atoms with Crippen LogP contribution in [0.2, 0.25) is 5.02 Å². The maximum atomic E-state index is 13.3. The van der Waals surface area contributed by atoms with Crippen LogP contribution in [0, 0.1) is 13.8 Å². The number of hydrogen-bond donors (Lipinski definition) is 1. The Balaban J connectivity index is 1.66. The molecule has 0 aromatic heterocycles. The highest BCUT2D eigenvalue weighted by molar-refractivity contribution is 9.10. The zero-order valence-electron chi connectivity index (χ0n) is 20.4. The molecule has 3 aromatic carbocycles. The molecule has 3 aromatic rings. The second kappa shape index (κ2) is 11.2. The molecule has 1 saturated heterocycles. The Hall–Kier alpha value is -3.62. The third-order valence-corrected chi connectivity index (χ3v) is 6.66. The molecule has 0 radical (unpaired) electrons. The fourth-order valence-electron chi connectivity index (χ4n) is 3.69. The number of urea groups is 1. The predicted molar refractivity (Wildman–Crippen MR) is 146 cm³/mol. The average molecular weight is 584 g/mol. The number of barbiturate groups is 1. The smallest absolute Gasteiger partial charge is 0.335 e. The summed E-state index contributed by atoms with van der Waals surface area (Å²) < 4.78 is 12.4. The molecule has 4 rings (SSSR count). The maximum Gasteiger partial charge on any atom is 0.335 e. The monoisotopic (exact) mass is 582 g/mol. The van der Waals surface area contributed by atoms with Crippen LogP contribution in [0.25, 0.3) is 6.08 Å². The summed E-state index contributed by atoms with van der Waals surface area (Å²) in [6.45, 7) is 6.38. The van der Waals surface area contributed by atoms with Gasteiger partial charge in [0.15, 0.2) is 11.5 Å². The van der Waals surface area contributed by atoms with Crippen LogP contribution in [0.1, 0.15) is 29.2 Å². The number of benzene rings is 3. The van der Waals surface area contributed by atoms with E-state index >= 15 is 0 Å². The molecule has 1 N–H and O–H groups in total. The lowest BCUT2D eigenvalue weighted by molar-refractivity contribution is -0.122. The van der Waals surface area contributed by atoms with Crippen molar-refractivity contribution >= 4 is 57.1 Å². The Morgan fingerprint density at radius 3 is 2.41 bits per heavy atom. The van der Waals surface area contributed by atoms with Gasteiger partial charge in [-0.3, -0.25) is 14.9 Å². The molecule has 0 unspecified atom stereocenters. The first kappa shape index (κ1) is 26.4. The van der Waals surface area contributed by atoms with Crippen molar-refractivity contribution in [2.45, 2.75) is 27.4 Å². The van der Waals surface area contributed by atoms with Crippen molar-refractivity contribution < 1.29 is 23.9 Å². The first-order chi connectivity index (χ1) is 17.7. The number of ether oxygens (including phenoxy) is 2. The molecular formula is C28H24BrClN2O5. The van der Waals surface area contributed by atoms with Crippen LogP contribution in [-0.2, 0) is 16.2 Å². The van der Waals surface area contributed by atoms with Gasteiger partial charge in [0.05, 0.1) is 16.8 Å². The van der Waals surface area contributed by atoms with E-state index in [4.69, 9.17) is 21.1 Å². The van der Waals surface area contributed by atoms with Crippen molar-refractivity contribution in [3.05, 3.63) is 91.9 Å². The first-order valence-corrected chi connectivity index (χ1v) is 12.7. The third kappa shape index (κ3) is 5.87. The number of carbonyl (C=O) groups excluding carboxylic acids is 3. The van der Waals surface area contributed by atoms with Gasteiger partial charge in [-0.1, -0.05) is 47.5 Å². The Morgan fingerprint density at radius 1 is 1.00 bits per heavy atom. The molecule has 9 heteroatoms. The van der Waals surface area contributed by atoms with Gasteiger partial charge in [-0.2, -0.15) is 0 Å². The van der Waals surface area contributed by atoms with Crippen LogP contribution < -0.4 is 19.7 Å². The van der Waals surface area contributed by atoms with Crippen molar-refractivity contribution in [2.75, 3.05) is 11.5 Å². The molecule has 1 aliphatic heterocycles. The summed E-state index contributed by atoms with van der Waals surface area (Å²) in [7, 11) is 0. The molecule has 7 nitrogen and oxygen atoms in total. The Bertz CT molecular complexity index is 1420. The maximum absolute atomic E-state index is 13.3. The molecule has 4 amide bonds. The number of rotatable bonds is 7. The van der Waals surface area contributed by atoms with Crippen LogP contribution >= 0.6 is 27.5 Å². The number of aryl methyl sites for hydroxylation is 2. The minimum atomic E-state index is -0.844. The van der Waals surface area contributed by atoms with E-state index in [2.05, 4.69) is 21.2 Å². The number of imide groups is 2. The van der Waals surface area contributed by atoms with E-state index in [9.17, 15) is 14.4 Å². The Labute approximate surface area is 228 Å². The highest BCUT2D eigenvalue weighted by Gasteiger charge is 2.37. The minimum Gasteiger partial charge on any atom is -0.490 e. The van der Waals surface area contributed by atoms with Crippen LogP contribution in [0.5, 0.6) is 11.5 Å². The number of amides is 4. The van der Waals surface area contributed by atoms with Gasteiger partial charge >= 0.3 is 6.03 Å². The van der Waals surface area contributed by atoms with Crippen LogP contribution in [-0.4, -0.2) is 24.5 Å². The van der Waals surface area contributed by atoms with Crippen LogP contribution in [0.3, 0.4) is 0 Å². The highest BCUT2D eigenvalue weighted by Crippen LogP contribution is 2.38. The number of nitrogens with one attached hydrogen (secondary N) is 1. The zero-order valence-corrected chi connectivity index (χ0v) is 22.8. The SMILES string of the molecule is CCOc1cc(/C=C2/C(=O)NC(=O)N(c3ccc(C)c(Cl)c3)C2=O)cc(Br)c1OCc1ccc(C)cc1. The summed E-state index contributed by atoms with van der Waals surface area (Å²) in [5.41, 5.74) is 3.50. The molecule has 0 aliphatic carbocycles. The average Bonchev–Trinajstić information content (AvgIpc) is 2.84. The summed E-state index contributed by atoms with van der Waals surface area (Å²) in [5.74, 6) is -0.617. The molecule has 0 spiro atoms. The molecule has 37 heavy (non-hydrogen) atoms. The lowest BCUT2D eigenvalue weighted by atomic mass is 10.1. The van der Waals surface area contributed by atoms with E-state index in [-0.39, 0.29) is 11.3 Å². The van der Waals surface area contributed by atoms with Crippen molar-refractivity contribution in [1.29, 1.82) is 0 Å². The largest absolute Gasteiger partial charge is 0.490 e. The standard InChI is InChI=1S/C28H24BrClN2O5/c1-4-36-24-13-19(12-22(29)25(24)37-15-18-8-5-16(2)6-9-18)11-21-26(33)31-28(35)32(27(21)34)20-10-7-17(3)23(30)14-20/h5-14H,4,15H2,1-3H3,(H,31,33,35)/b21-11-. The lowest BCUT2D eigenvalue weighted by Gasteiger charge is -2.26. The predicted octanol–water partition coefficient (Wildman–Crippen LogP) is 6.36. The van der Waals surface area contributed by atoms with Gasteiger partial charge < -0.3 is 9.47 Å². The summed E-state index contributed by atoms with van der Waals surface area (Å²) in [6.07, 6.45) is 1.41. The topological polar surface area (TPSA) is 84.9 Å². The summed E-state index contributed by atoms with van der Waals surface area (Å²) in [6, 6.07) is 15.3. The fourth-order valence-corrected chi connectivity index (χ4v) is 4.44. The van der Waals surface area contributed by atoms with Gasteiger partial charge in [0.25, 0.3) is 11.8 Å². The second-order valence-corrected chi connectivity index (χ2v) is 9.69. The zero-order chi connectivity index (χ0) is 26.7. The van der Waals surface area contributed by atoms with Gasteiger partial charge in [-0.15, -0.1) is 0 Å². The van der Waals surface area contributed by atoms with Crippen LogP contribution in [0.15, 0.2) is 64.6 Å². The quantitative estimate of drug-likeness (QED) is 0.258. The lowest BCUT2D eigenvalue weighted by Crippen LogP contribution is -2.54. The van der Waals surface area contributed by atoms with E-state index in [1.807, 2.05) is 38.1 Å². The van der Waals surface area contributed by atoms with E-state index in [1.54, 1.807) is 31.2 Å². The molecule has 1 aliphatic rings.